The molecule has 0 atom stereocenters. The Morgan fingerprint density at radius 2 is 1.90 bits per heavy atom. The fourth-order valence-electron chi connectivity index (χ4n) is 2.43. The lowest BCUT2D eigenvalue weighted by Gasteiger charge is -2.05. The number of hydrogen-bond acceptors (Lipinski definition) is 2. The first-order chi connectivity index (χ1) is 10.2. The number of rotatable bonds is 5. The first kappa shape index (κ1) is 13.8. The van der Waals surface area contributed by atoms with E-state index in [1.807, 2.05) is 6.20 Å². The Morgan fingerprint density at radius 1 is 1.10 bits per heavy atom. The van der Waals surface area contributed by atoms with E-state index >= 15 is 0 Å². The molecule has 0 amide bonds. The molecule has 1 heterocycles. The molecule has 0 bridgehead atoms. The van der Waals surface area contributed by atoms with Gasteiger partial charge in [-0.25, -0.2) is 4.98 Å². The molecule has 3 heteroatoms. The molecule has 0 saturated carbocycles. The van der Waals surface area contributed by atoms with Crippen molar-refractivity contribution in [1.29, 1.82) is 0 Å². The number of nitrogens with one attached hydrogen (secondary N) is 2. The summed E-state index contributed by atoms with van der Waals surface area (Å²) in [4.78, 5) is 7.89. The van der Waals surface area contributed by atoms with E-state index in [-0.39, 0.29) is 0 Å². The molecule has 1 aromatic heterocycles. The van der Waals surface area contributed by atoms with Crippen LogP contribution in [0.2, 0.25) is 0 Å². The Balaban J connectivity index is 1.77. The van der Waals surface area contributed by atoms with Gasteiger partial charge in [-0.05, 0) is 29.3 Å². The maximum atomic E-state index is 4.50. The van der Waals surface area contributed by atoms with Gasteiger partial charge in [-0.1, -0.05) is 50.2 Å². The minimum atomic E-state index is 0.660. The van der Waals surface area contributed by atoms with E-state index in [0.29, 0.717) is 5.92 Å². The summed E-state index contributed by atoms with van der Waals surface area (Å²) in [7, 11) is 0. The summed E-state index contributed by atoms with van der Waals surface area (Å²) >= 11 is 0. The molecule has 108 valence electrons. The van der Waals surface area contributed by atoms with E-state index < -0.39 is 0 Å². The van der Waals surface area contributed by atoms with Crippen molar-refractivity contribution in [3.05, 3.63) is 54.4 Å². The smallest absolute Gasteiger partial charge is 0.137 e. The molecule has 2 N–H and O–H groups in total. The maximum Gasteiger partial charge on any atom is 0.137 e. The molecular weight excluding hydrogens is 258 g/mol. The third-order valence-electron chi connectivity index (χ3n) is 3.52. The molecule has 0 fully saturated rings. The van der Waals surface area contributed by atoms with Crippen molar-refractivity contribution in [3.63, 3.8) is 0 Å². The highest BCUT2D eigenvalue weighted by molar-refractivity contribution is 5.86. The maximum absolute atomic E-state index is 4.50. The highest BCUT2D eigenvalue weighted by Gasteiger charge is 2.04. The fourth-order valence-corrected chi connectivity index (χ4v) is 2.43. The third-order valence-corrected chi connectivity index (χ3v) is 3.52. The van der Waals surface area contributed by atoms with Crippen molar-refractivity contribution >= 4 is 10.8 Å². The standard InChI is InChI=1S/C18H21N3/c1-13(2)10-19-11-17-12-20-18(21-17)16-8-7-14-5-3-4-6-15(14)9-16/h3-9,12-13,19H,10-11H2,1-2H3,(H,20,21). The van der Waals surface area contributed by atoms with Gasteiger partial charge >= 0.3 is 0 Å². The summed E-state index contributed by atoms with van der Waals surface area (Å²) in [6, 6.07) is 14.8. The molecule has 2 aromatic carbocycles. The van der Waals surface area contributed by atoms with Gasteiger partial charge < -0.3 is 10.3 Å². The van der Waals surface area contributed by atoms with Gasteiger partial charge in [0.15, 0.2) is 0 Å². The number of benzene rings is 2. The van der Waals surface area contributed by atoms with Crippen LogP contribution in [0.5, 0.6) is 0 Å². The van der Waals surface area contributed by atoms with Gasteiger partial charge in [-0.3, -0.25) is 0 Å². The van der Waals surface area contributed by atoms with Crippen LogP contribution in [0.1, 0.15) is 19.5 Å². The Kier molecular flexibility index (Phi) is 4.02. The Bertz CT molecular complexity index is 728. The largest absolute Gasteiger partial charge is 0.341 e. The van der Waals surface area contributed by atoms with E-state index in [9.17, 15) is 0 Å². The number of imidazole rings is 1. The molecule has 3 nitrogen and oxygen atoms in total. The Morgan fingerprint density at radius 3 is 2.71 bits per heavy atom. The lowest BCUT2D eigenvalue weighted by molar-refractivity contribution is 0.549. The molecule has 21 heavy (non-hydrogen) atoms. The van der Waals surface area contributed by atoms with Crippen molar-refractivity contribution < 1.29 is 0 Å². The molecule has 3 rings (SSSR count). The lowest BCUT2D eigenvalue weighted by Crippen LogP contribution is -2.19. The summed E-state index contributed by atoms with van der Waals surface area (Å²) in [5.41, 5.74) is 2.25. The van der Waals surface area contributed by atoms with Gasteiger partial charge in [0, 0.05) is 24.0 Å². The minimum Gasteiger partial charge on any atom is -0.341 e. The zero-order valence-electron chi connectivity index (χ0n) is 12.6. The van der Waals surface area contributed by atoms with Crippen LogP contribution in [-0.2, 0) is 6.54 Å². The molecule has 0 saturated heterocycles. The number of fused-ring (bicyclic) bond motifs is 1. The molecule has 3 aromatic rings. The van der Waals surface area contributed by atoms with Crippen LogP contribution in [0, 0.1) is 5.92 Å². The summed E-state index contributed by atoms with van der Waals surface area (Å²) in [5, 5.41) is 5.92. The zero-order chi connectivity index (χ0) is 14.7. The number of aromatic nitrogens is 2. The van der Waals surface area contributed by atoms with Crippen molar-refractivity contribution in [2.45, 2.75) is 20.4 Å². The lowest BCUT2D eigenvalue weighted by atomic mass is 10.1. The summed E-state index contributed by atoms with van der Waals surface area (Å²) < 4.78 is 0. The highest BCUT2D eigenvalue weighted by atomic mass is 15.0. The summed E-state index contributed by atoms with van der Waals surface area (Å²) in [5.74, 6) is 1.59. The van der Waals surface area contributed by atoms with Gasteiger partial charge in [0.1, 0.15) is 5.82 Å². The number of hydrogen-bond donors (Lipinski definition) is 2. The van der Waals surface area contributed by atoms with Crippen molar-refractivity contribution in [2.24, 2.45) is 5.92 Å². The predicted molar refractivity (Wildman–Crippen MR) is 88.1 cm³/mol. The monoisotopic (exact) mass is 279 g/mol. The summed E-state index contributed by atoms with van der Waals surface area (Å²) in [6.45, 7) is 6.27. The van der Waals surface area contributed by atoms with E-state index in [1.165, 1.54) is 10.8 Å². The Hall–Kier alpha value is -2.13. The van der Waals surface area contributed by atoms with Gasteiger partial charge in [-0.15, -0.1) is 0 Å². The average Bonchev–Trinajstić information content (AvgIpc) is 2.95. The van der Waals surface area contributed by atoms with Gasteiger partial charge in [0.2, 0.25) is 0 Å². The molecule has 0 aliphatic carbocycles. The molecule has 0 unspecified atom stereocenters. The second kappa shape index (κ2) is 6.10. The zero-order valence-corrected chi connectivity index (χ0v) is 12.6. The van der Waals surface area contributed by atoms with Crippen LogP contribution in [0.15, 0.2) is 48.7 Å². The average molecular weight is 279 g/mol. The number of nitrogens with zero attached hydrogens (tertiary/aromatic N) is 1. The first-order valence-corrected chi connectivity index (χ1v) is 7.46. The van der Waals surface area contributed by atoms with Crippen molar-refractivity contribution in [3.8, 4) is 11.4 Å². The first-order valence-electron chi connectivity index (χ1n) is 7.46. The quantitative estimate of drug-likeness (QED) is 0.741. The molecule has 0 spiro atoms. The van der Waals surface area contributed by atoms with Crippen molar-refractivity contribution in [1.82, 2.24) is 15.3 Å². The van der Waals surface area contributed by atoms with Crippen LogP contribution in [0.25, 0.3) is 22.2 Å². The molecule has 0 aliphatic rings. The van der Waals surface area contributed by atoms with Gasteiger partial charge in [-0.2, -0.15) is 0 Å². The Labute approximate surface area is 125 Å². The van der Waals surface area contributed by atoms with Crippen LogP contribution >= 0.6 is 0 Å². The van der Waals surface area contributed by atoms with Crippen LogP contribution in [0.4, 0.5) is 0 Å². The van der Waals surface area contributed by atoms with Gasteiger partial charge in [0.25, 0.3) is 0 Å². The molecular formula is C18H21N3. The molecule has 0 aliphatic heterocycles. The summed E-state index contributed by atoms with van der Waals surface area (Å²) in [6.07, 6.45) is 1.91. The number of H-pyrrole nitrogens is 1. The van der Waals surface area contributed by atoms with Crippen LogP contribution in [-0.4, -0.2) is 16.5 Å². The topological polar surface area (TPSA) is 40.7 Å². The fraction of sp³-hybridized carbons (Fsp3) is 0.278. The van der Waals surface area contributed by atoms with E-state index in [2.05, 4.69) is 71.6 Å². The number of aromatic amines is 1. The second-order valence-electron chi connectivity index (χ2n) is 5.84. The highest BCUT2D eigenvalue weighted by Crippen LogP contribution is 2.22. The van der Waals surface area contributed by atoms with Crippen LogP contribution in [0.3, 0.4) is 0 Å². The van der Waals surface area contributed by atoms with Crippen molar-refractivity contribution in [2.75, 3.05) is 6.54 Å². The van der Waals surface area contributed by atoms with E-state index in [0.717, 1.165) is 30.2 Å². The van der Waals surface area contributed by atoms with E-state index in [4.69, 9.17) is 0 Å². The van der Waals surface area contributed by atoms with E-state index in [1.54, 1.807) is 0 Å². The predicted octanol–water partition coefficient (Wildman–Crippen LogP) is 3.98. The SMILES string of the molecule is CC(C)CNCc1cnc(-c2ccc3ccccc3c2)[nH]1. The minimum absolute atomic E-state index is 0.660. The normalized spacial score (nSPS) is 11.4. The van der Waals surface area contributed by atoms with Gasteiger partial charge in [0.05, 0.1) is 0 Å². The second-order valence-corrected chi connectivity index (χ2v) is 5.84. The van der Waals surface area contributed by atoms with Crippen LogP contribution < -0.4 is 5.32 Å². The molecule has 0 radical (unpaired) electrons. The third kappa shape index (κ3) is 3.31.